The Labute approximate surface area is 129 Å². The van der Waals surface area contributed by atoms with Crippen LogP contribution >= 0.6 is 0 Å². The van der Waals surface area contributed by atoms with Gasteiger partial charge in [0.25, 0.3) is 0 Å². The zero-order valence-corrected chi connectivity index (χ0v) is 12.4. The second kappa shape index (κ2) is 5.82. The Balaban J connectivity index is 2.06. The van der Waals surface area contributed by atoms with E-state index in [0.29, 0.717) is 22.8 Å². The standard InChI is InChI=1S/C18H15NO3/c1-12-3-5-13(6-4-12)15(10-19)7-14-8-17-18(22-11-21-17)9-16(14)20-2/h3-9H,11H2,1-2H3/b15-7-. The van der Waals surface area contributed by atoms with E-state index in [4.69, 9.17) is 14.2 Å². The maximum atomic E-state index is 9.45. The minimum atomic E-state index is 0.203. The van der Waals surface area contributed by atoms with Crippen molar-refractivity contribution in [3.05, 3.63) is 53.1 Å². The monoisotopic (exact) mass is 293 g/mol. The molecule has 22 heavy (non-hydrogen) atoms. The first-order valence-corrected chi connectivity index (χ1v) is 6.87. The summed E-state index contributed by atoms with van der Waals surface area (Å²) in [6.07, 6.45) is 1.80. The third kappa shape index (κ3) is 2.61. The molecule has 0 aromatic heterocycles. The summed E-state index contributed by atoms with van der Waals surface area (Å²) in [5.41, 5.74) is 3.37. The van der Waals surface area contributed by atoms with Gasteiger partial charge >= 0.3 is 0 Å². The summed E-state index contributed by atoms with van der Waals surface area (Å²) in [6, 6.07) is 13.7. The summed E-state index contributed by atoms with van der Waals surface area (Å²) in [5, 5.41) is 9.45. The van der Waals surface area contributed by atoms with Gasteiger partial charge in [0.2, 0.25) is 6.79 Å². The number of nitrogens with zero attached hydrogens (tertiary/aromatic N) is 1. The maximum absolute atomic E-state index is 9.45. The van der Waals surface area contributed by atoms with Gasteiger partial charge < -0.3 is 14.2 Å². The number of hydrogen-bond donors (Lipinski definition) is 0. The molecule has 0 bridgehead atoms. The van der Waals surface area contributed by atoms with E-state index in [-0.39, 0.29) is 6.79 Å². The Morgan fingerprint density at radius 1 is 1.18 bits per heavy atom. The van der Waals surface area contributed by atoms with Crippen LogP contribution in [-0.2, 0) is 0 Å². The molecule has 4 heteroatoms. The van der Waals surface area contributed by atoms with Gasteiger partial charge in [0.1, 0.15) is 5.75 Å². The highest BCUT2D eigenvalue weighted by molar-refractivity contribution is 5.91. The van der Waals surface area contributed by atoms with Crippen LogP contribution in [0.25, 0.3) is 11.6 Å². The third-order valence-corrected chi connectivity index (χ3v) is 3.51. The Hall–Kier alpha value is -2.93. The molecule has 0 radical (unpaired) electrons. The van der Waals surface area contributed by atoms with Crippen molar-refractivity contribution in [2.24, 2.45) is 0 Å². The Morgan fingerprint density at radius 3 is 2.50 bits per heavy atom. The molecule has 1 aliphatic heterocycles. The fourth-order valence-corrected chi connectivity index (χ4v) is 2.30. The summed E-state index contributed by atoms with van der Waals surface area (Å²) in [6.45, 7) is 2.22. The van der Waals surface area contributed by atoms with Crippen LogP contribution in [0.4, 0.5) is 0 Å². The fourth-order valence-electron chi connectivity index (χ4n) is 2.30. The molecule has 110 valence electrons. The van der Waals surface area contributed by atoms with Gasteiger partial charge in [-0.1, -0.05) is 29.8 Å². The van der Waals surface area contributed by atoms with Crippen LogP contribution in [0.1, 0.15) is 16.7 Å². The summed E-state index contributed by atoms with van der Waals surface area (Å²) in [5.74, 6) is 1.96. The normalized spacial score (nSPS) is 12.9. The van der Waals surface area contributed by atoms with Crippen molar-refractivity contribution in [3.63, 3.8) is 0 Å². The number of aryl methyl sites for hydroxylation is 1. The number of allylic oxidation sites excluding steroid dienone is 1. The van der Waals surface area contributed by atoms with E-state index in [9.17, 15) is 5.26 Å². The topological polar surface area (TPSA) is 51.5 Å². The molecule has 0 spiro atoms. The summed E-state index contributed by atoms with van der Waals surface area (Å²) in [7, 11) is 1.59. The molecular weight excluding hydrogens is 278 g/mol. The van der Waals surface area contributed by atoms with E-state index in [1.54, 1.807) is 19.3 Å². The van der Waals surface area contributed by atoms with Crippen molar-refractivity contribution in [1.29, 1.82) is 5.26 Å². The van der Waals surface area contributed by atoms with Gasteiger partial charge in [-0.2, -0.15) is 5.26 Å². The van der Waals surface area contributed by atoms with Crippen molar-refractivity contribution >= 4 is 11.6 Å². The molecule has 0 atom stereocenters. The maximum Gasteiger partial charge on any atom is 0.231 e. The summed E-state index contributed by atoms with van der Waals surface area (Å²) >= 11 is 0. The number of ether oxygens (including phenoxy) is 3. The van der Waals surface area contributed by atoms with Crippen LogP contribution < -0.4 is 14.2 Å². The smallest absolute Gasteiger partial charge is 0.231 e. The van der Waals surface area contributed by atoms with Crippen LogP contribution in [0, 0.1) is 18.3 Å². The molecule has 2 aromatic rings. The lowest BCUT2D eigenvalue weighted by molar-refractivity contribution is 0.174. The number of nitriles is 1. The predicted molar refractivity (Wildman–Crippen MR) is 83.8 cm³/mol. The van der Waals surface area contributed by atoms with Crippen molar-refractivity contribution in [2.45, 2.75) is 6.92 Å². The third-order valence-electron chi connectivity index (χ3n) is 3.51. The molecule has 0 amide bonds. The zero-order chi connectivity index (χ0) is 15.5. The Kier molecular flexibility index (Phi) is 3.71. The summed E-state index contributed by atoms with van der Waals surface area (Å²) in [4.78, 5) is 0. The van der Waals surface area contributed by atoms with Gasteiger partial charge in [-0.3, -0.25) is 0 Å². The minimum Gasteiger partial charge on any atom is -0.496 e. The number of benzene rings is 2. The average Bonchev–Trinajstić information content (AvgIpc) is 2.99. The lowest BCUT2D eigenvalue weighted by Gasteiger charge is -2.08. The fraction of sp³-hybridized carbons (Fsp3) is 0.167. The van der Waals surface area contributed by atoms with E-state index in [2.05, 4.69) is 6.07 Å². The van der Waals surface area contributed by atoms with Crippen molar-refractivity contribution < 1.29 is 14.2 Å². The van der Waals surface area contributed by atoms with Crippen molar-refractivity contribution in [1.82, 2.24) is 0 Å². The highest BCUT2D eigenvalue weighted by Gasteiger charge is 2.17. The Bertz CT molecular complexity index is 770. The molecule has 0 aliphatic carbocycles. The van der Waals surface area contributed by atoms with Crippen molar-refractivity contribution in [2.75, 3.05) is 13.9 Å². The number of hydrogen-bond acceptors (Lipinski definition) is 4. The van der Waals surface area contributed by atoms with E-state index in [1.165, 1.54) is 0 Å². The lowest BCUT2D eigenvalue weighted by Crippen LogP contribution is -1.92. The average molecular weight is 293 g/mol. The number of rotatable bonds is 3. The van der Waals surface area contributed by atoms with Gasteiger partial charge in [-0.25, -0.2) is 0 Å². The SMILES string of the molecule is COc1cc2c(cc1/C=C(/C#N)c1ccc(C)cc1)OCO2. The highest BCUT2D eigenvalue weighted by atomic mass is 16.7. The Morgan fingerprint density at radius 2 is 1.86 bits per heavy atom. The molecule has 2 aromatic carbocycles. The van der Waals surface area contributed by atoms with Gasteiger partial charge in [0, 0.05) is 11.6 Å². The molecular formula is C18H15NO3. The second-order valence-corrected chi connectivity index (χ2v) is 4.98. The molecule has 0 saturated heterocycles. The van der Waals surface area contributed by atoms with E-state index >= 15 is 0 Å². The van der Waals surface area contributed by atoms with Crippen molar-refractivity contribution in [3.8, 4) is 23.3 Å². The molecule has 0 fully saturated rings. The predicted octanol–water partition coefficient (Wildman–Crippen LogP) is 3.80. The molecule has 3 rings (SSSR count). The van der Waals surface area contributed by atoms with Crippen LogP contribution in [0.15, 0.2) is 36.4 Å². The van der Waals surface area contributed by atoms with Gasteiger partial charge in [0.15, 0.2) is 11.5 Å². The quantitative estimate of drug-likeness (QED) is 0.638. The molecule has 4 nitrogen and oxygen atoms in total. The van der Waals surface area contributed by atoms with Crippen LogP contribution in [0.3, 0.4) is 0 Å². The molecule has 0 saturated carbocycles. The van der Waals surface area contributed by atoms with Crippen LogP contribution in [0.2, 0.25) is 0 Å². The van der Waals surface area contributed by atoms with Gasteiger partial charge in [-0.15, -0.1) is 0 Å². The van der Waals surface area contributed by atoms with E-state index < -0.39 is 0 Å². The van der Waals surface area contributed by atoms with E-state index in [0.717, 1.165) is 16.7 Å². The summed E-state index contributed by atoms with van der Waals surface area (Å²) < 4.78 is 16.1. The molecule has 1 heterocycles. The molecule has 0 N–H and O–H groups in total. The lowest BCUT2D eigenvalue weighted by atomic mass is 10.0. The molecule has 1 aliphatic rings. The highest BCUT2D eigenvalue weighted by Crippen LogP contribution is 2.39. The first-order valence-electron chi connectivity index (χ1n) is 6.87. The van der Waals surface area contributed by atoms with Crippen LogP contribution in [-0.4, -0.2) is 13.9 Å². The van der Waals surface area contributed by atoms with Crippen LogP contribution in [0.5, 0.6) is 17.2 Å². The first-order chi connectivity index (χ1) is 10.7. The number of methoxy groups -OCH3 is 1. The largest absolute Gasteiger partial charge is 0.496 e. The van der Waals surface area contributed by atoms with Gasteiger partial charge in [0.05, 0.1) is 18.8 Å². The number of fused-ring (bicyclic) bond motifs is 1. The van der Waals surface area contributed by atoms with Gasteiger partial charge in [-0.05, 0) is 24.6 Å². The first kappa shape index (κ1) is 14.0. The second-order valence-electron chi connectivity index (χ2n) is 4.98. The zero-order valence-electron chi connectivity index (χ0n) is 12.4. The minimum absolute atomic E-state index is 0.203. The van der Waals surface area contributed by atoms with E-state index in [1.807, 2.05) is 37.3 Å². The molecule has 0 unspecified atom stereocenters.